The van der Waals surface area contributed by atoms with Crippen molar-refractivity contribution >= 4 is 11.9 Å². The van der Waals surface area contributed by atoms with E-state index in [-0.39, 0.29) is 12.5 Å². The van der Waals surface area contributed by atoms with Crippen LogP contribution in [0, 0.1) is 0 Å². The number of piperazine rings is 1. The molecule has 1 amide bonds. The Hall–Kier alpha value is -3.56. The number of aromatic nitrogens is 6. The number of hydrogen-bond acceptors (Lipinski definition) is 8. The summed E-state index contributed by atoms with van der Waals surface area (Å²) < 4.78 is 7.41. The normalized spacial score (nSPS) is 14.1. The van der Waals surface area contributed by atoms with Crippen molar-refractivity contribution in [2.24, 2.45) is 0 Å². The summed E-state index contributed by atoms with van der Waals surface area (Å²) in [7, 11) is 0. The van der Waals surface area contributed by atoms with Crippen LogP contribution >= 0.6 is 0 Å². The minimum atomic E-state index is 0.0140. The lowest BCUT2D eigenvalue weighted by atomic mass is 10.1. The maximum atomic E-state index is 12.8. The molecule has 1 saturated heterocycles. The van der Waals surface area contributed by atoms with E-state index in [9.17, 15) is 4.79 Å². The van der Waals surface area contributed by atoms with E-state index in [1.165, 1.54) is 0 Å². The van der Waals surface area contributed by atoms with Crippen LogP contribution in [0.3, 0.4) is 0 Å². The molecule has 3 heterocycles. The highest BCUT2D eigenvalue weighted by Gasteiger charge is 2.23. The van der Waals surface area contributed by atoms with E-state index < -0.39 is 0 Å². The molecule has 150 valence electrons. The molecule has 29 heavy (non-hydrogen) atoms. The molecule has 10 heteroatoms. The van der Waals surface area contributed by atoms with Gasteiger partial charge >= 0.3 is 0 Å². The van der Waals surface area contributed by atoms with Crippen molar-refractivity contribution in [3.63, 3.8) is 0 Å². The molecular formula is C19H22N8O2. The van der Waals surface area contributed by atoms with Crippen molar-refractivity contribution in [2.45, 2.75) is 20.1 Å². The molecule has 10 nitrogen and oxygen atoms in total. The van der Waals surface area contributed by atoms with Gasteiger partial charge in [-0.15, -0.1) is 5.10 Å². The summed E-state index contributed by atoms with van der Waals surface area (Å²) in [5, 5.41) is 11.5. The number of nitrogens with zero attached hydrogens (tertiary/aromatic N) is 8. The predicted molar refractivity (Wildman–Crippen MR) is 104 cm³/mol. The highest BCUT2D eigenvalue weighted by atomic mass is 16.5. The lowest BCUT2D eigenvalue weighted by Crippen LogP contribution is -2.49. The summed E-state index contributed by atoms with van der Waals surface area (Å²) >= 11 is 0. The maximum Gasteiger partial charge on any atom is 0.253 e. The lowest BCUT2D eigenvalue weighted by molar-refractivity contribution is 0.0746. The molecule has 1 aromatic carbocycles. The van der Waals surface area contributed by atoms with Crippen LogP contribution in [-0.4, -0.2) is 67.2 Å². The van der Waals surface area contributed by atoms with Crippen molar-refractivity contribution in [3.05, 3.63) is 54.1 Å². The summed E-state index contributed by atoms with van der Waals surface area (Å²) in [5.74, 6) is 2.04. The van der Waals surface area contributed by atoms with Gasteiger partial charge in [-0.25, -0.2) is 14.6 Å². The quantitative estimate of drug-likeness (QED) is 0.611. The largest absolute Gasteiger partial charge is 0.486 e. The molecule has 0 saturated carbocycles. The molecule has 1 aliphatic rings. The highest BCUT2D eigenvalue weighted by molar-refractivity contribution is 5.94. The fourth-order valence-electron chi connectivity index (χ4n) is 3.16. The van der Waals surface area contributed by atoms with Crippen LogP contribution in [0.1, 0.15) is 23.1 Å². The van der Waals surface area contributed by atoms with Gasteiger partial charge in [0.15, 0.2) is 5.82 Å². The van der Waals surface area contributed by atoms with Crippen LogP contribution in [0.25, 0.3) is 0 Å². The number of benzene rings is 1. The van der Waals surface area contributed by atoms with Gasteiger partial charge in [0.25, 0.3) is 5.91 Å². The molecule has 0 bridgehead atoms. The fourth-order valence-corrected chi connectivity index (χ4v) is 3.16. The number of anilines is 1. The first kappa shape index (κ1) is 18.8. The van der Waals surface area contributed by atoms with Gasteiger partial charge in [0.05, 0.1) is 0 Å². The zero-order chi connectivity index (χ0) is 20.1. The van der Waals surface area contributed by atoms with E-state index in [2.05, 4.69) is 30.4 Å². The molecule has 2 aromatic heterocycles. The molecule has 0 unspecified atom stereocenters. The maximum absolute atomic E-state index is 12.8. The summed E-state index contributed by atoms with van der Waals surface area (Å²) in [6.45, 7) is 5.61. The second-order valence-electron chi connectivity index (χ2n) is 6.55. The fraction of sp³-hybridized carbons (Fsp3) is 0.368. The monoisotopic (exact) mass is 394 g/mol. The van der Waals surface area contributed by atoms with Crippen molar-refractivity contribution < 1.29 is 9.53 Å². The molecule has 0 radical (unpaired) electrons. The number of ether oxygens (including phenoxy) is 1. The van der Waals surface area contributed by atoms with Gasteiger partial charge in [0.2, 0.25) is 5.95 Å². The third-order valence-corrected chi connectivity index (χ3v) is 4.78. The predicted octanol–water partition coefficient (Wildman–Crippen LogP) is 1.02. The topological polar surface area (TPSA) is 102 Å². The molecule has 1 aliphatic heterocycles. The van der Waals surface area contributed by atoms with Crippen molar-refractivity contribution in [1.29, 1.82) is 0 Å². The number of amides is 1. The Morgan fingerprint density at radius 3 is 2.48 bits per heavy atom. The van der Waals surface area contributed by atoms with Crippen molar-refractivity contribution in [2.75, 3.05) is 31.1 Å². The SMILES string of the molecule is CCn1nnnc1COc1ccc(C(=O)N2CCN(c3ncccn3)CC2)cc1. The average Bonchev–Trinajstić information content (AvgIpc) is 3.26. The van der Waals surface area contributed by atoms with Crippen LogP contribution < -0.4 is 9.64 Å². The first-order valence-corrected chi connectivity index (χ1v) is 9.53. The Bertz CT molecular complexity index is 936. The molecule has 0 spiro atoms. The van der Waals surface area contributed by atoms with Crippen LogP contribution in [0.5, 0.6) is 5.75 Å². The minimum absolute atomic E-state index is 0.0140. The Balaban J connectivity index is 1.31. The van der Waals surface area contributed by atoms with E-state index in [0.717, 1.165) is 0 Å². The molecular weight excluding hydrogens is 372 g/mol. The van der Waals surface area contributed by atoms with Crippen molar-refractivity contribution in [1.82, 2.24) is 35.1 Å². The van der Waals surface area contributed by atoms with E-state index in [4.69, 9.17) is 4.74 Å². The number of carbonyl (C=O) groups excluding carboxylic acids is 1. The smallest absolute Gasteiger partial charge is 0.253 e. The molecule has 3 aromatic rings. The lowest BCUT2D eigenvalue weighted by Gasteiger charge is -2.34. The van der Waals surface area contributed by atoms with Crippen molar-refractivity contribution in [3.8, 4) is 5.75 Å². The van der Waals surface area contributed by atoms with E-state index in [1.54, 1.807) is 47.4 Å². The zero-order valence-electron chi connectivity index (χ0n) is 16.2. The zero-order valence-corrected chi connectivity index (χ0v) is 16.2. The second kappa shape index (κ2) is 8.63. The number of carbonyl (C=O) groups is 1. The molecule has 0 atom stereocenters. The number of hydrogen-bond donors (Lipinski definition) is 0. The first-order chi connectivity index (χ1) is 14.2. The van der Waals surface area contributed by atoms with Crippen LogP contribution in [-0.2, 0) is 13.2 Å². The van der Waals surface area contributed by atoms with Gasteiger partial charge in [0, 0.05) is 50.7 Å². The summed E-state index contributed by atoms with van der Waals surface area (Å²) in [5.41, 5.74) is 0.639. The van der Waals surface area contributed by atoms with E-state index in [1.807, 2.05) is 11.8 Å². The minimum Gasteiger partial charge on any atom is -0.486 e. The van der Waals surface area contributed by atoms with Gasteiger partial charge < -0.3 is 14.5 Å². The summed E-state index contributed by atoms with van der Waals surface area (Å²) in [6.07, 6.45) is 3.46. The van der Waals surface area contributed by atoms with Gasteiger partial charge in [-0.1, -0.05) is 0 Å². The summed E-state index contributed by atoms with van der Waals surface area (Å²) in [6, 6.07) is 8.95. The summed E-state index contributed by atoms with van der Waals surface area (Å²) in [4.78, 5) is 25.3. The van der Waals surface area contributed by atoms with Gasteiger partial charge in [-0.2, -0.15) is 0 Å². The molecule has 0 aliphatic carbocycles. The van der Waals surface area contributed by atoms with Crippen LogP contribution in [0.15, 0.2) is 42.7 Å². The average molecular weight is 394 g/mol. The Morgan fingerprint density at radius 2 is 1.79 bits per heavy atom. The standard InChI is InChI=1S/C19H22N8O2/c1-2-27-17(22-23-24-27)14-29-16-6-4-15(5-7-16)18(28)25-10-12-26(13-11-25)19-20-8-3-9-21-19/h3-9H,2,10-14H2,1H3. The Labute approximate surface area is 168 Å². The molecule has 4 rings (SSSR count). The number of tetrazole rings is 1. The van der Waals surface area contributed by atoms with Crippen LogP contribution in [0.2, 0.25) is 0 Å². The third kappa shape index (κ3) is 4.31. The van der Waals surface area contributed by atoms with E-state index in [0.29, 0.717) is 55.8 Å². The second-order valence-corrected chi connectivity index (χ2v) is 6.55. The molecule has 0 N–H and O–H groups in total. The number of rotatable bonds is 6. The highest BCUT2D eigenvalue weighted by Crippen LogP contribution is 2.17. The Kier molecular flexibility index (Phi) is 5.59. The van der Waals surface area contributed by atoms with E-state index >= 15 is 0 Å². The first-order valence-electron chi connectivity index (χ1n) is 9.53. The molecule has 1 fully saturated rings. The van der Waals surface area contributed by atoms with Gasteiger partial charge in [0.1, 0.15) is 12.4 Å². The number of aryl methyl sites for hydroxylation is 1. The van der Waals surface area contributed by atoms with Crippen LogP contribution in [0.4, 0.5) is 5.95 Å². The van der Waals surface area contributed by atoms with Gasteiger partial charge in [-0.3, -0.25) is 4.79 Å². The Morgan fingerprint density at radius 1 is 1.07 bits per heavy atom. The van der Waals surface area contributed by atoms with Gasteiger partial charge in [-0.05, 0) is 47.7 Å². The third-order valence-electron chi connectivity index (χ3n) is 4.78.